The molecule has 0 spiro atoms. The van der Waals surface area contributed by atoms with Crippen molar-refractivity contribution in [1.82, 2.24) is 9.97 Å². The fourth-order valence-corrected chi connectivity index (χ4v) is 5.20. The molecule has 8 nitrogen and oxygen atoms in total. The molecule has 0 atom stereocenters. The second-order valence-electron chi connectivity index (χ2n) is 7.98. The van der Waals surface area contributed by atoms with E-state index in [0.717, 1.165) is 25.5 Å². The van der Waals surface area contributed by atoms with Gasteiger partial charge < -0.3 is 10.1 Å². The molecule has 10 heteroatoms. The summed E-state index contributed by atoms with van der Waals surface area (Å²) in [5.41, 5.74) is 0.452. The number of hydrogen-bond acceptors (Lipinski definition) is 7. The van der Waals surface area contributed by atoms with E-state index in [2.05, 4.69) is 15.3 Å². The van der Waals surface area contributed by atoms with Crippen LogP contribution in [0.2, 0.25) is 5.02 Å². The first kappa shape index (κ1) is 24.4. The van der Waals surface area contributed by atoms with Crippen LogP contribution in [-0.2, 0) is 19.4 Å². The maximum absolute atomic E-state index is 13.3. The predicted molar refractivity (Wildman–Crippen MR) is 125 cm³/mol. The molecule has 0 aliphatic heterocycles. The maximum Gasteiger partial charge on any atom is 0.232 e. The number of carbonyl (C=O) groups is 1. The highest BCUT2D eigenvalue weighted by atomic mass is 35.5. The summed E-state index contributed by atoms with van der Waals surface area (Å²) in [6, 6.07) is 4.47. The zero-order valence-corrected chi connectivity index (χ0v) is 20.0. The molecule has 1 fully saturated rings. The van der Waals surface area contributed by atoms with Crippen LogP contribution in [0.15, 0.2) is 35.5 Å². The van der Waals surface area contributed by atoms with E-state index in [0.29, 0.717) is 42.8 Å². The van der Waals surface area contributed by atoms with Crippen LogP contribution in [0.25, 0.3) is 0 Å². The van der Waals surface area contributed by atoms with Crippen molar-refractivity contribution in [2.24, 2.45) is 5.92 Å². The van der Waals surface area contributed by atoms with Crippen LogP contribution in [-0.4, -0.2) is 50.8 Å². The third-order valence-corrected chi connectivity index (χ3v) is 7.12. The topological polar surface area (TPSA) is 101 Å². The first-order chi connectivity index (χ1) is 15.3. The highest BCUT2D eigenvalue weighted by Crippen LogP contribution is 2.33. The minimum Gasteiger partial charge on any atom is -0.383 e. The normalized spacial score (nSPS) is 14.5. The Kier molecular flexibility index (Phi) is 8.44. The van der Waals surface area contributed by atoms with Crippen LogP contribution >= 0.6 is 11.6 Å². The van der Waals surface area contributed by atoms with E-state index >= 15 is 0 Å². The van der Waals surface area contributed by atoms with Crippen molar-refractivity contribution in [2.75, 3.05) is 36.7 Å². The lowest BCUT2D eigenvalue weighted by Crippen LogP contribution is -2.27. The molecule has 2 aromatic rings. The molecule has 1 aromatic carbocycles. The van der Waals surface area contributed by atoms with E-state index in [1.807, 2.05) is 0 Å². The van der Waals surface area contributed by atoms with E-state index < -0.39 is 9.84 Å². The largest absolute Gasteiger partial charge is 0.383 e. The van der Waals surface area contributed by atoms with Crippen LogP contribution < -0.4 is 10.2 Å². The Hall–Kier alpha value is -2.23. The first-order valence-corrected chi connectivity index (χ1v) is 12.9. The number of ether oxygens (including phenoxy) is 1. The Morgan fingerprint density at radius 3 is 2.59 bits per heavy atom. The Morgan fingerprint density at radius 2 is 2.00 bits per heavy atom. The number of amides is 1. The second-order valence-corrected chi connectivity index (χ2v) is 10.4. The van der Waals surface area contributed by atoms with Crippen molar-refractivity contribution >= 4 is 44.7 Å². The fourth-order valence-electron chi connectivity index (χ4n) is 3.88. The number of halogens is 1. The number of carbonyl (C=O) groups excluding carboxylic acids is 1. The molecule has 3 rings (SSSR count). The molecule has 1 saturated carbocycles. The monoisotopic (exact) mass is 480 g/mol. The number of nitrogens with one attached hydrogen (secondary N) is 1. The number of sulfone groups is 1. The molecule has 0 radical (unpaired) electrons. The molecule has 0 bridgehead atoms. The Balaban J connectivity index is 1.87. The van der Waals surface area contributed by atoms with Gasteiger partial charge >= 0.3 is 0 Å². The van der Waals surface area contributed by atoms with Crippen molar-refractivity contribution in [3.63, 3.8) is 0 Å². The average molecular weight is 481 g/mol. The van der Waals surface area contributed by atoms with Crippen molar-refractivity contribution in [1.29, 1.82) is 0 Å². The minimum absolute atomic E-state index is 0.0186. The van der Waals surface area contributed by atoms with Crippen molar-refractivity contribution in [2.45, 2.75) is 43.4 Å². The van der Waals surface area contributed by atoms with Gasteiger partial charge in [0, 0.05) is 26.3 Å². The summed E-state index contributed by atoms with van der Waals surface area (Å²) in [6.07, 6.45) is 10.1. The zero-order valence-electron chi connectivity index (χ0n) is 18.4. The van der Waals surface area contributed by atoms with Crippen molar-refractivity contribution in [3.8, 4) is 0 Å². The number of methoxy groups -OCH3 is 1. The third-order valence-electron chi connectivity index (χ3n) is 5.54. The zero-order chi connectivity index (χ0) is 23.1. The summed E-state index contributed by atoms with van der Waals surface area (Å²) >= 11 is 6.25. The summed E-state index contributed by atoms with van der Waals surface area (Å²) in [6.45, 7) is 1.11. The van der Waals surface area contributed by atoms with Gasteiger partial charge in [0.1, 0.15) is 5.82 Å². The van der Waals surface area contributed by atoms with Crippen LogP contribution in [0.1, 0.15) is 38.5 Å². The van der Waals surface area contributed by atoms with Gasteiger partial charge in [0.15, 0.2) is 15.7 Å². The second kappa shape index (κ2) is 11.1. The van der Waals surface area contributed by atoms with E-state index in [9.17, 15) is 13.2 Å². The van der Waals surface area contributed by atoms with E-state index in [1.54, 1.807) is 19.4 Å². The quantitative estimate of drug-likeness (QED) is 0.508. The van der Waals surface area contributed by atoms with Gasteiger partial charge in [-0.1, -0.05) is 37.3 Å². The number of hydrogen-bond donors (Lipinski definition) is 1. The van der Waals surface area contributed by atoms with E-state index in [-0.39, 0.29) is 15.8 Å². The van der Waals surface area contributed by atoms with Gasteiger partial charge in [-0.25, -0.2) is 18.4 Å². The molecule has 1 heterocycles. The van der Waals surface area contributed by atoms with Crippen molar-refractivity contribution in [3.05, 3.63) is 35.6 Å². The first-order valence-electron chi connectivity index (χ1n) is 10.7. The van der Waals surface area contributed by atoms with Crippen LogP contribution in [0.4, 0.5) is 17.3 Å². The van der Waals surface area contributed by atoms with Gasteiger partial charge in [0.05, 0.1) is 34.6 Å². The fraction of sp³-hybridized carbons (Fsp3) is 0.500. The molecule has 32 heavy (non-hydrogen) atoms. The lowest BCUT2D eigenvalue weighted by molar-refractivity contribution is -0.118. The molecular formula is C22H29ClN4O4S. The van der Waals surface area contributed by atoms with Crippen LogP contribution in [0.5, 0.6) is 0 Å². The molecule has 1 aliphatic rings. The Bertz CT molecular complexity index is 1020. The lowest BCUT2D eigenvalue weighted by atomic mass is 10.0. The molecule has 1 N–H and O–H groups in total. The van der Waals surface area contributed by atoms with Crippen LogP contribution in [0.3, 0.4) is 0 Å². The Labute approximate surface area is 194 Å². The Morgan fingerprint density at radius 1 is 1.25 bits per heavy atom. The standard InChI is InChI=1S/C22H29ClN4O4S/c1-31-12-11-24-20-14-26-21(15-25-20)27(22(28)10-7-16-5-3-4-6-16)17-8-9-19(18(23)13-17)32(2,29)30/h8-9,13-16H,3-7,10-12H2,1-2H3,(H,24,25). The number of nitrogens with zero attached hydrogens (tertiary/aromatic N) is 3. The molecule has 1 amide bonds. The van der Waals surface area contributed by atoms with Gasteiger partial charge in [-0.15, -0.1) is 0 Å². The minimum atomic E-state index is -3.48. The van der Waals surface area contributed by atoms with Gasteiger partial charge in [0.2, 0.25) is 5.91 Å². The summed E-state index contributed by atoms with van der Waals surface area (Å²) in [5, 5.41) is 3.15. The summed E-state index contributed by atoms with van der Waals surface area (Å²) in [7, 11) is -1.86. The smallest absolute Gasteiger partial charge is 0.232 e. The SMILES string of the molecule is COCCNc1cnc(N(C(=O)CCC2CCCC2)c2ccc(S(C)(=O)=O)c(Cl)c2)cn1. The maximum atomic E-state index is 13.3. The van der Waals surface area contributed by atoms with Gasteiger partial charge in [-0.2, -0.15) is 0 Å². The average Bonchev–Trinajstić information content (AvgIpc) is 3.27. The summed E-state index contributed by atoms with van der Waals surface area (Å²) < 4.78 is 28.9. The summed E-state index contributed by atoms with van der Waals surface area (Å²) in [5.74, 6) is 1.35. The third kappa shape index (κ3) is 6.40. The number of benzene rings is 1. The van der Waals surface area contributed by atoms with Crippen molar-refractivity contribution < 1.29 is 17.9 Å². The number of anilines is 3. The molecular weight excluding hydrogens is 452 g/mol. The van der Waals surface area contributed by atoms with Crippen LogP contribution in [0, 0.1) is 5.92 Å². The van der Waals surface area contributed by atoms with E-state index in [1.165, 1.54) is 36.1 Å². The molecule has 174 valence electrons. The molecule has 1 aliphatic carbocycles. The molecule has 1 aromatic heterocycles. The highest BCUT2D eigenvalue weighted by molar-refractivity contribution is 7.90. The molecule has 0 unspecified atom stereocenters. The summed E-state index contributed by atoms with van der Waals surface area (Å²) in [4.78, 5) is 23.5. The van der Waals surface area contributed by atoms with Gasteiger partial charge in [-0.05, 0) is 30.5 Å². The number of aromatic nitrogens is 2. The highest BCUT2D eigenvalue weighted by Gasteiger charge is 2.24. The predicted octanol–water partition coefficient (Wildman–Crippen LogP) is 4.23. The van der Waals surface area contributed by atoms with Gasteiger partial charge in [0.25, 0.3) is 0 Å². The molecule has 0 saturated heterocycles. The van der Waals surface area contributed by atoms with Gasteiger partial charge in [-0.3, -0.25) is 9.69 Å². The lowest BCUT2D eigenvalue weighted by Gasteiger charge is -2.23. The van der Waals surface area contributed by atoms with E-state index in [4.69, 9.17) is 16.3 Å². The number of rotatable bonds is 10.